The van der Waals surface area contributed by atoms with Gasteiger partial charge in [0.25, 0.3) is 5.91 Å². The normalized spacial score (nSPS) is 28.9. The summed E-state index contributed by atoms with van der Waals surface area (Å²) >= 11 is 1.68. The lowest BCUT2D eigenvalue weighted by Crippen LogP contribution is -2.37. The molecular formula is C11H18N2O3S. The molecule has 0 aromatic heterocycles. The summed E-state index contributed by atoms with van der Waals surface area (Å²) < 4.78 is 5.45. The van der Waals surface area contributed by atoms with Crippen LogP contribution in [0, 0.1) is 0 Å². The summed E-state index contributed by atoms with van der Waals surface area (Å²) in [5.74, 6) is 0.782. The smallest absolute Gasteiger partial charge is 0.324 e. The van der Waals surface area contributed by atoms with Gasteiger partial charge in [-0.1, -0.05) is 0 Å². The van der Waals surface area contributed by atoms with Gasteiger partial charge in [-0.3, -0.25) is 9.69 Å². The molecule has 0 aromatic rings. The Labute approximate surface area is 105 Å². The summed E-state index contributed by atoms with van der Waals surface area (Å²) in [6, 6.07) is -0.604. The van der Waals surface area contributed by atoms with E-state index in [4.69, 9.17) is 4.74 Å². The Balaban J connectivity index is 1.89. The lowest BCUT2D eigenvalue weighted by molar-refractivity contribution is -0.128. The molecule has 2 atom stereocenters. The van der Waals surface area contributed by atoms with E-state index in [0.29, 0.717) is 13.0 Å². The molecule has 0 radical (unpaired) electrons. The molecule has 2 heterocycles. The van der Waals surface area contributed by atoms with Gasteiger partial charge in [0.1, 0.15) is 6.04 Å². The van der Waals surface area contributed by atoms with E-state index in [1.807, 2.05) is 6.26 Å². The number of imide groups is 1. The lowest BCUT2D eigenvalue weighted by atomic mass is 10.2. The van der Waals surface area contributed by atoms with Crippen molar-refractivity contribution in [3.8, 4) is 0 Å². The van der Waals surface area contributed by atoms with Gasteiger partial charge in [0.15, 0.2) is 0 Å². The Morgan fingerprint density at radius 2 is 2.35 bits per heavy atom. The topological polar surface area (TPSA) is 58.6 Å². The molecule has 17 heavy (non-hydrogen) atoms. The monoisotopic (exact) mass is 258 g/mol. The number of ether oxygens (including phenoxy) is 1. The van der Waals surface area contributed by atoms with Crippen LogP contribution in [0.2, 0.25) is 0 Å². The number of thioether (sulfide) groups is 1. The van der Waals surface area contributed by atoms with Crippen LogP contribution in [0.4, 0.5) is 4.79 Å². The van der Waals surface area contributed by atoms with E-state index in [2.05, 4.69) is 5.32 Å². The zero-order chi connectivity index (χ0) is 12.3. The lowest BCUT2D eigenvalue weighted by Gasteiger charge is -2.17. The van der Waals surface area contributed by atoms with Gasteiger partial charge in [-0.25, -0.2) is 4.79 Å². The summed E-state index contributed by atoms with van der Waals surface area (Å²) in [5, 5.41) is 2.73. The van der Waals surface area contributed by atoms with Crippen LogP contribution in [0.25, 0.3) is 0 Å². The molecule has 96 valence electrons. The maximum absolute atomic E-state index is 12.0. The Hall–Kier alpha value is -0.750. The van der Waals surface area contributed by atoms with Crippen molar-refractivity contribution in [2.75, 3.05) is 25.2 Å². The molecule has 0 spiro atoms. The molecule has 0 aromatic carbocycles. The number of carbonyl (C=O) groups is 2. The van der Waals surface area contributed by atoms with Crippen LogP contribution in [0.15, 0.2) is 0 Å². The average molecular weight is 258 g/mol. The first kappa shape index (κ1) is 12.7. The van der Waals surface area contributed by atoms with Gasteiger partial charge in [-0.2, -0.15) is 11.8 Å². The highest BCUT2D eigenvalue weighted by Gasteiger charge is 2.39. The number of hydrogen-bond donors (Lipinski definition) is 1. The summed E-state index contributed by atoms with van der Waals surface area (Å²) in [4.78, 5) is 25.0. The zero-order valence-electron chi connectivity index (χ0n) is 9.98. The van der Waals surface area contributed by atoms with E-state index in [1.54, 1.807) is 11.8 Å². The minimum atomic E-state index is -0.337. The second kappa shape index (κ2) is 5.73. The number of hydrogen-bond acceptors (Lipinski definition) is 4. The summed E-state index contributed by atoms with van der Waals surface area (Å²) in [6.45, 7) is 1.14. The van der Waals surface area contributed by atoms with Crippen LogP contribution in [0.3, 0.4) is 0 Å². The van der Waals surface area contributed by atoms with E-state index < -0.39 is 0 Å². The standard InChI is InChI=1S/C11H18N2O3S/c1-17-6-4-9-10(14)13(11(15)12-9)7-8-3-2-5-16-8/h8-9H,2-7H2,1H3,(H,12,15)/t8-,9-/m0/s1. The predicted octanol–water partition coefficient (Wildman–Crippen LogP) is 0.839. The van der Waals surface area contributed by atoms with E-state index in [1.165, 1.54) is 4.90 Å². The van der Waals surface area contributed by atoms with Gasteiger partial charge >= 0.3 is 6.03 Å². The number of urea groups is 1. The highest BCUT2D eigenvalue weighted by molar-refractivity contribution is 7.98. The maximum Gasteiger partial charge on any atom is 0.324 e. The fourth-order valence-electron chi connectivity index (χ4n) is 2.17. The maximum atomic E-state index is 12.0. The summed E-state index contributed by atoms with van der Waals surface area (Å²) in [6.07, 6.45) is 4.68. The van der Waals surface area contributed by atoms with Crippen LogP contribution < -0.4 is 5.32 Å². The molecule has 0 unspecified atom stereocenters. The third kappa shape index (κ3) is 2.93. The van der Waals surface area contributed by atoms with E-state index in [9.17, 15) is 9.59 Å². The van der Waals surface area contributed by atoms with E-state index >= 15 is 0 Å². The molecule has 6 heteroatoms. The molecule has 0 bridgehead atoms. The third-order valence-electron chi connectivity index (χ3n) is 3.13. The van der Waals surface area contributed by atoms with E-state index in [0.717, 1.165) is 25.2 Å². The van der Waals surface area contributed by atoms with Gasteiger partial charge in [0, 0.05) is 6.61 Å². The molecule has 5 nitrogen and oxygen atoms in total. The molecule has 0 saturated carbocycles. The fraction of sp³-hybridized carbons (Fsp3) is 0.818. The first-order valence-corrected chi connectivity index (χ1v) is 7.34. The van der Waals surface area contributed by atoms with Crippen molar-refractivity contribution in [2.24, 2.45) is 0 Å². The number of amides is 3. The van der Waals surface area contributed by atoms with Crippen molar-refractivity contribution in [3.63, 3.8) is 0 Å². The molecule has 2 fully saturated rings. The van der Waals surface area contributed by atoms with E-state index in [-0.39, 0.29) is 24.1 Å². The van der Waals surface area contributed by atoms with Crippen LogP contribution in [-0.2, 0) is 9.53 Å². The second-order valence-corrected chi connectivity index (χ2v) is 5.35. The Morgan fingerprint density at radius 3 is 3.00 bits per heavy atom. The van der Waals surface area contributed by atoms with Gasteiger partial charge < -0.3 is 10.1 Å². The highest BCUT2D eigenvalue weighted by Crippen LogP contribution is 2.17. The third-order valence-corrected chi connectivity index (χ3v) is 3.77. The van der Waals surface area contributed by atoms with Crippen molar-refractivity contribution < 1.29 is 14.3 Å². The van der Waals surface area contributed by atoms with Gasteiger partial charge in [-0.15, -0.1) is 0 Å². The fourth-order valence-corrected chi connectivity index (χ4v) is 2.64. The SMILES string of the molecule is CSCC[C@@H]1NC(=O)N(C[C@@H]2CCCO2)C1=O. The molecule has 3 amide bonds. The first-order chi connectivity index (χ1) is 8.22. The van der Waals surface area contributed by atoms with Gasteiger partial charge in [-0.05, 0) is 31.3 Å². The molecule has 0 aliphatic carbocycles. The first-order valence-electron chi connectivity index (χ1n) is 5.95. The molecular weight excluding hydrogens is 240 g/mol. The summed E-state index contributed by atoms with van der Waals surface area (Å²) in [5.41, 5.74) is 0. The van der Waals surface area contributed by atoms with Gasteiger partial charge in [0.05, 0.1) is 12.6 Å². The van der Waals surface area contributed by atoms with Gasteiger partial charge in [0.2, 0.25) is 0 Å². The minimum Gasteiger partial charge on any atom is -0.376 e. The number of rotatable bonds is 5. The molecule has 2 rings (SSSR count). The van der Waals surface area contributed by atoms with Crippen molar-refractivity contribution in [3.05, 3.63) is 0 Å². The highest BCUT2D eigenvalue weighted by atomic mass is 32.2. The number of nitrogens with one attached hydrogen (secondary N) is 1. The van der Waals surface area contributed by atoms with Crippen molar-refractivity contribution in [2.45, 2.75) is 31.4 Å². The zero-order valence-corrected chi connectivity index (χ0v) is 10.8. The Kier molecular flexibility index (Phi) is 4.28. The van der Waals surface area contributed by atoms with Crippen molar-refractivity contribution >= 4 is 23.7 Å². The minimum absolute atomic E-state index is 0.0315. The summed E-state index contributed by atoms with van der Waals surface area (Å²) in [7, 11) is 0. The van der Waals surface area contributed by atoms with Crippen LogP contribution in [-0.4, -0.2) is 54.1 Å². The second-order valence-electron chi connectivity index (χ2n) is 4.37. The Morgan fingerprint density at radius 1 is 1.53 bits per heavy atom. The molecule has 1 N–H and O–H groups in total. The van der Waals surface area contributed by atoms with Crippen LogP contribution >= 0.6 is 11.8 Å². The molecule has 2 aliphatic rings. The van der Waals surface area contributed by atoms with Crippen LogP contribution in [0.1, 0.15) is 19.3 Å². The average Bonchev–Trinajstić information content (AvgIpc) is 2.90. The molecule has 2 saturated heterocycles. The Bertz CT molecular complexity index is 305. The molecule has 2 aliphatic heterocycles. The quantitative estimate of drug-likeness (QED) is 0.742. The van der Waals surface area contributed by atoms with Crippen molar-refractivity contribution in [1.82, 2.24) is 10.2 Å². The number of nitrogens with zero attached hydrogens (tertiary/aromatic N) is 1. The number of carbonyl (C=O) groups excluding carboxylic acids is 2. The largest absolute Gasteiger partial charge is 0.376 e. The predicted molar refractivity (Wildman–Crippen MR) is 66.0 cm³/mol. The van der Waals surface area contributed by atoms with Crippen LogP contribution in [0.5, 0.6) is 0 Å². The van der Waals surface area contributed by atoms with Crippen molar-refractivity contribution in [1.29, 1.82) is 0 Å².